The van der Waals surface area contributed by atoms with Crippen LogP contribution in [0.4, 0.5) is 0 Å². The van der Waals surface area contributed by atoms with E-state index in [0.29, 0.717) is 18.7 Å². The quantitative estimate of drug-likeness (QED) is 0.588. The maximum atomic E-state index is 12.1. The predicted molar refractivity (Wildman–Crippen MR) is 102 cm³/mol. The summed E-state index contributed by atoms with van der Waals surface area (Å²) in [6, 6.07) is 6.05. The Hall–Kier alpha value is -1.58. The topological polar surface area (TPSA) is 104 Å². The van der Waals surface area contributed by atoms with Gasteiger partial charge in [-0.2, -0.15) is 0 Å². The minimum atomic E-state index is -3.54. The molecule has 1 heterocycles. The zero-order valence-corrected chi connectivity index (χ0v) is 16.8. The van der Waals surface area contributed by atoms with Crippen LogP contribution in [0.5, 0.6) is 0 Å². The van der Waals surface area contributed by atoms with Crippen molar-refractivity contribution in [3.8, 4) is 0 Å². The molecule has 0 radical (unpaired) electrons. The second-order valence-electron chi connectivity index (χ2n) is 6.70. The van der Waals surface area contributed by atoms with E-state index < -0.39 is 20.8 Å². The Morgan fingerprint density at radius 3 is 2.54 bits per heavy atom. The summed E-state index contributed by atoms with van der Waals surface area (Å²) < 4.78 is 26.3. The van der Waals surface area contributed by atoms with Gasteiger partial charge in [-0.3, -0.25) is 9.59 Å². The Morgan fingerprint density at radius 1 is 1.27 bits per heavy atom. The maximum Gasteiger partial charge on any atom is 0.243 e. The van der Waals surface area contributed by atoms with Crippen LogP contribution >= 0.6 is 11.8 Å². The van der Waals surface area contributed by atoms with Crippen molar-refractivity contribution in [2.75, 3.05) is 18.8 Å². The Morgan fingerprint density at radius 2 is 1.92 bits per heavy atom. The number of amides is 2. The molecule has 1 aromatic carbocycles. The lowest BCUT2D eigenvalue weighted by atomic mass is 10.1. The first-order valence-electron chi connectivity index (χ1n) is 8.41. The van der Waals surface area contributed by atoms with Gasteiger partial charge in [0.05, 0.1) is 9.64 Å². The van der Waals surface area contributed by atoms with Crippen LogP contribution < -0.4 is 15.4 Å². The maximum absolute atomic E-state index is 12.1. The molecule has 0 spiro atoms. The van der Waals surface area contributed by atoms with Gasteiger partial charge in [0.25, 0.3) is 0 Å². The summed E-state index contributed by atoms with van der Waals surface area (Å²) in [6.07, 6.45) is 0.454. The highest BCUT2D eigenvalue weighted by Crippen LogP contribution is 2.28. The van der Waals surface area contributed by atoms with Crippen molar-refractivity contribution >= 4 is 33.6 Å². The Kier molecular flexibility index (Phi) is 6.70. The lowest BCUT2D eigenvalue weighted by Gasteiger charge is -2.32. The molecule has 26 heavy (non-hydrogen) atoms. The number of aryl methyl sites for hydroxylation is 1. The minimum Gasteiger partial charge on any atom is -0.354 e. The largest absolute Gasteiger partial charge is 0.354 e. The summed E-state index contributed by atoms with van der Waals surface area (Å²) in [7, 11) is -3.54. The third kappa shape index (κ3) is 5.46. The van der Waals surface area contributed by atoms with Crippen LogP contribution in [0.1, 0.15) is 25.8 Å². The zero-order chi connectivity index (χ0) is 19.4. The van der Waals surface area contributed by atoms with E-state index in [1.807, 2.05) is 20.8 Å². The van der Waals surface area contributed by atoms with Crippen LogP contribution in [0.3, 0.4) is 0 Å². The first-order chi connectivity index (χ1) is 12.1. The van der Waals surface area contributed by atoms with E-state index in [1.54, 1.807) is 24.3 Å². The van der Waals surface area contributed by atoms with Crippen LogP contribution in [0.25, 0.3) is 0 Å². The average Bonchev–Trinajstić information content (AvgIpc) is 2.57. The van der Waals surface area contributed by atoms with Crippen molar-refractivity contribution in [1.82, 2.24) is 15.4 Å². The molecular formula is C17H25N3O4S2. The van der Waals surface area contributed by atoms with Crippen molar-refractivity contribution < 1.29 is 18.0 Å². The number of benzene rings is 1. The molecule has 3 N–H and O–H groups in total. The molecule has 1 aliphatic heterocycles. The number of rotatable bonds is 7. The number of thioether (sulfide) groups is 1. The molecule has 1 atom stereocenters. The fraction of sp³-hybridized carbons (Fsp3) is 0.529. The van der Waals surface area contributed by atoms with E-state index in [9.17, 15) is 18.0 Å². The molecular weight excluding hydrogens is 374 g/mol. The molecule has 1 aromatic rings. The van der Waals surface area contributed by atoms with Gasteiger partial charge in [-0.25, -0.2) is 13.1 Å². The molecule has 144 valence electrons. The first kappa shape index (κ1) is 20.7. The second-order valence-corrected chi connectivity index (χ2v) is 10.1. The van der Waals surface area contributed by atoms with E-state index in [-0.39, 0.29) is 23.3 Å². The van der Waals surface area contributed by atoms with E-state index >= 15 is 0 Å². The average molecular weight is 400 g/mol. The normalized spacial score (nSPS) is 19.7. The molecule has 7 nitrogen and oxygen atoms in total. The zero-order valence-electron chi connectivity index (χ0n) is 15.2. The van der Waals surface area contributed by atoms with Crippen molar-refractivity contribution in [3.05, 3.63) is 29.8 Å². The highest BCUT2D eigenvalue weighted by atomic mass is 32.2. The van der Waals surface area contributed by atoms with Gasteiger partial charge in [-0.15, -0.1) is 11.8 Å². The number of hydrogen-bond donors (Lipinski definition) is 3. The van der Waals surface area contributed by atoms with Gasteiger partial charge in [0.15, 0.2) is 0 Å². The number of sulfonamides is 1. The summed E-state index contributed by atoms with van der Waals surface area (Å²) in [5, 5.41) is 5.45. The molecule has 1 fully saturated rings. The second kappa shape index (κ2) is 8.41. The first-order valence-corrected chi connectivity index (χ1v) is 10.9. The lowest BCUT2D eigenvalue weighted by molar-refractivity contribution is -0.129. The van der Waals surface area contributed by atoms with Crippen LogP contribution in [-0.4, -0.2) is 49.9 Å². The molecule has 1 saturated heterocycles. The highest BCUT2D eigenvalue weighted by molar-refractivity contribution is 8.01. The number of carbonyl (C=O) groups is 2. The van der Waals surface area contributed by atoms with Gasteiger partial charge in [0, 0.05) is 18.8 Å². The summed E-state index contributed by atoms with van der Waals surface area (Å²) >= 11 is 1.45. The fourth-order valence-electron chi connectivity index (χ4n) is 2.30. The van der Waals surface area contributed by atoms with Crippen molar-refractivity contribution in [1.29, 1.82) is 0 Å². The van der Waals surface area contributed by atoms with E-state index in [1.165, 1.54) is 11.8 Å². The van der Waals surface area contributed by atoms with Gasteiger partial charge in [0.1, 0.15) is 6.04 Å². The molecule has 0 bridgehead atoms. The third-order valence-corrected chi connectivity index (χ3v) is 6.94. The molecule has 2 rings (SSSR count). The Balaban J connectivity index is 1.71. The molecule has 1 unspecified atom stereocenters. The van der Waals surface area contributed by atoms with Crippen LogP contribution in [0.15, 0.2) is 29.2 Å². The smallest absolute Gasteiger partial charge is 0.243 e. The molecule has 9 heteroatoms. The predicted octanol–water partition coefficient (Wildman–Crippen LogP) is 0.790. The molecule has 0 aromatic heterocycles. The van der Waals surface area contributed by atoms with Gasteiger partial charge in [-0.05, 0) is 39.3 Å². The molecule has 0 aliphatic carbocycles. The third-order valence-electron chi connectivity index (χ3n) is 4.06. The lowest BCUT2D eigenvalue weighted by Crippen LogP contribution is -2.57. The summed E-state index contributed by atoms with van der Waals surface area (Å²) in [6.45, 7) is 6.08. The van der Waals surface area contributed by atoms with Gasteiger partial charge in [0.2, 0.25) is 21.8 Å². The summed E-state index contributed by atoms with van der Waals surface area (Å²) in [4.78, 5) is 24.2. The summed E-state index contributed by atoms with van der Waals surface area (Å²) in [5.41, 5.74) is 0.989. The van der Waals surface area contributed by atoms with Crippen molar-refractivity contribution in [2.45, 2.75) is 42.9 Å². The monoisotopic (exact) mass is 399 g/mol. The van der Waals surface area contributed by atoms with E-state index in [0.717, 1.165) is 5.56 Å². The van der Waals surface area contributed by atoms with Crippen LogP contribution in [0.2, 0.25) is 0 Å². The van der Waals surface area contributed by atoms with Crippen LogP contribution in [-0.2, 0) is 19.6 Å². The highest BCUT2D eigenvalue weighted by Gasteiger charge is 2.37. The van der Waals surface area contributed by atoms with Crippen LogP contribution in [0, 0.1) is 6.92 Å². The summed E-state index contributed by atoms with van der Waals surface area (Å²) in [5.74, 6) is 0.118. The Bertz CT molecular complexity index is 761. The molecule has 0 saturated carbocycles. The van der Waals surface area contributed by atoms with Crippen molar-refractivity contribution in [3.63, 3.8) is 0 Å². The van der Waals surface area contributed by atoms with E-state index in [4.69, 9.17) is 0 Å². The number of hydrogen-bond acceptors (Lipinski definition) is 5. The fourth-order valence-corrected chi connectivity index (χ4v) is 4.38. The van der Waals surface area contributed by atoms with Crippen molar-refractivity contribution in [2.24, 2.45) is 0 Å². The van der Waals surface area contributed by atoms with E-state index in [2.05, 4.69) is 15.4 Å². The number of nitrogens with one attached hydrogen (secondary N) is 3. The van der Waals surface area contributed by atoms with Gasteiger partial charge >= 0.3 is 0 Å². The minimum absolute atomic E-state index is 0.153. The standard InChI is InChI=1S/C17H25N3O4S2/c1-12-5-7-13(8-6-12)26(23,24)19-10-4-9-18-15(21)14-11-25-17(2,3)16(22)20-14/h5-8,14,19H,4,9-11H2,1-3H3,(H,18,21)(H,20,22). The van der Waals surface area contributed by atoms with Gasteiger partial charge in [-0.1, -0.05) is 17.7 Å². The molecule has 2 amide bonds. The SMILES string of the molecule is Cc1ccc(S(=O)(=O)NCCCNC(=O)C2CSC(C)(C)C(=O)N2)cc1. The van der Waals surface area contributed by atoms with Gasteiger partial charge < -0.3 is 10.6 Å². The number of carbonyl (C=O) groups excluding carboxylic acids is 2. The Labute approximate surface area is 158 Å². The molecule has 1 aliphatic rings.